The van der Waals surface area contributed by atoms with Gasteiger partial charge in [-0.05, 0) is 155 Å². The second-order valence-electron chi connectivity index (χ2n) is 17.5. The number of hydrogen-bond donors (Lipinski definition) is 0. The maximum absolute atomic E-state index is 2.48. The first-order chi connectivity index (χ1) is 30.0. The molecule has 0 aliphatic heterocycles. The molecule has 0 nitrogen and oxygen atoms in total. The van der Waals surface area contributed by atoms with E-state index in [1.54, 1.807) is 0 Å². The molecule has 0 aromatic heterocycles. The van der Waals surface area contributed by atoms with Gasteiger partial charge in [0.2, 0.25) is 0 Å². The van der Waals surface area contributed by atoms with Crippen LogP contribution in [0.2, 0.25) is 0 Å². The molecule has 0 atom stereocenters. The molecule has 0 heterocycles. The van der Waals surface area contributed by atoms with Gasteiger partial charge in [-0.1, -0.05) is 196 Å². The second kappa shape index (κ2) is 12.7. The molecule has 0 unspecified atom stereocenters. The summed E-state index contributed by atoms with van der Waals surface area (Å²) in [6.45, 7) is 4.81. The first-order valence-corrected chi connectivity index (χ1v) is 21.5. The lowest BCUT2D eigenvalue weighted by atomic mass is 9.80. The van der Waals surface area contributed by atoms with E-state index in [1.807, 2.05) is 0 Å². The quantitative estimate of drug-likeness (QED) is 0.157. The van der Waals surface area contributed by atoms with Crippen molar-refractivity contribution in [1.82, 2.24) is 0 Å². The highest BCUT2D eigenvalue weighted by atomic mass is 14.4. The van der Waals surface area contributed by atoms with Crippen LogP contribution in [0.5, 0.6) is 0 Å². The molecule has 284 valence electrons. The SMILES string of the molecule is CC1(C)c2cc(-c3ccc(-c4cc5c6ccccc6c6ccccc6c5c5ccccc45)c4ccccc34)ccc2-c2ccc(-c3cc4ccccc4c4ccccc34)cc21. The summed E-state index contributed by atoms with van der Waals surface area (Å²) in [6, 6.07) is 77.4. The summed E-state index contributed by atoms with van der Waals surface area (Å²) in [7, 11) is 0. The highest BCUT2D eigenvalue weighted by molar-refractivity contribution is 6.33. The summed E-state index contributed by atoms with van der Waals surface area (Å²) < 4.78 is 0. The Morgan fingerprint density at radius 2 is 0.623 bits per heavy atom. The predicted molar refractivity (Wildman–Crippen MR) is 263 cm³/mol. The molecule has 1 aliphatic carbocycles. The highest BCUT2D eigenvalue weighted by Gasteiger charge is 2.36. The molecule has 12 aromatic carbocycles. The van der Waals surface area contributed by atoms with Crippen molar-refractivity contribution in [2.24, 2.45) is 0 Å². The van der Waals surface area contributed by atoms with Crippen molar-refractivity contribution in [2.75, 3.05) is 0 Å². The van der Waals surface area contributed by atoms with Gasteiger partial charge < -0.3 is 0 Å². The van der Waals surface area contributed by atoms with Gasteiger partial charge in [-0.25, -0.2) is 0 Å². The zero-order valence-electron chi connectivity index (χ0n) is 34.1. The van der Waals surface area contributed by atoms with E-state index in [0.29, 0.717) is 0 Å². The topological polar surface area (TPSA) is 0 Å². The van der Waals surface area contributed by atoms with E-state index >= 15 is 0 Å². The number of fused-ring (bicyclic) bond motifs is 15. The lowest BCUT2D eigenvalue weighted by Gasteiger charge is -2.23. The molecule has 0 saturated heterocycles. The van der Waals surface area contributed by atoms with Crippen molar-refractivity contribution in [3.05, 3.63) is 217 Å². The molecule has 12 aromatic rings. The molecule has 0 bridgehead atoms. The summed E-state index contributed by atoms with van der Waals surface area (Å²) in [5.41, 5.74) is 12.9. The largest absolute Gasteiger partial charge is 0.0616 e. The molecule has 0 radical (unpaired) electrons. The summed E-state index contributed by atoms with van der Waals surface area (Å²) >= 11 is 0. The van der Waals surface area contributed by atoms with Crippen molar-refractivity contribution >= 4 is 75.4 Å². The normalized spacial score (nSPS) is 13.2. The predicted octanol–water partition coefficient (Wildman–Crippen LogP) is 17.1. The van der Waals surface area contributed by atoms with Crippen LogP contribution in [0.3, 0.4) is 0 Å². The van der Waals surface area contributed by atoms with Crippen molar-refractivity contribution < 1.29 is 0 Å². The lowest BCUT2D eigenvalue weighted by Crippen LogP contribution is -2.15. The fraction of sp³-hybridized carbons (Fsp3) is 0.0492. The van der Waals surface area contributed by atoms with Crippen LogP contribution in [0.15, 0.2) is 206 Å². The van der Waals surface area contributed by atoms with Crippen LogP contribution in [-0.2, 0) is 5.41 Å². The highest BCUT2D eigenvalue weighted by Crippen LogP contribution is 2.52. The Morgan fingerprint density at radius 3 is 1.23 bits per heavy atom. The van der Waals surface area contributed by atoms with Crippen LogP contribution >= 0.6 is 0 Å². The molecule has 1 aliphatic rings. The van der Waals surface area contributed by atoms with Crippen molar-refractivity contribution in [1.29, 1.82) is 0 Å². The van der Waals surface area contributed by atoms with Crippen LogP contribution in [-0.4, -0.2) is 0 Å². The van der Waals surface area contributed by atoms with Gasteiger partial charge in [0.1, 0.15) is 0 Å². The number of benzene rings is 12. The minimum Gasteiger partial charge on any atom is -0.0616 e. The van der Waals surface area contributed by atoms with E-state index in [-0.39, 0.29) is 5.41 Å². The third-order valence-electron chi connectivity index (χ3n) is 14.0. The Balaban J connectivity index is 0.964. The van der Waals surface area contributed by atoms with Gasteiger partial charge in [0.15, 0.2) is 0 Å². The van der Waals surface area contributed by atoms with Gasteiger partial charge in [-0.2, -0.15) is 0 Å². The van der Waals surface area contributed by atoms with E-state index in [4.69, 9.17) is 0 Å². The standard InChI is InChI=1S/C61H40/c1-61(2)58-34-38(27-29-51(58)52-30-28-39(35-59(52)61)55-33-37-15-3-4-16-40(37)42-17-6-9-22-47(42)55)41-31-32-50(44-19-7-5-18-43(41)44)56-36-57-48-23-10-8-20-45(48)46-21-11-13-25-53(46)60(57)54-26-14-12-24-49(54)56/h3-36H,1-2H3. The third kappa shape index (κ3) is 4.88. The Bertz CT molecular complexity index is 3840. The molecular formula is C61H40. The first-order valence-electron chi connectivity index (χ1n) is 21.5. The maximum atomic E-state index is 2.48. The van der Waals surface area contributed by atoms with E-state index in [9.17, 15) is 0 Å². The van der Waals surface area contributed by atoms with Crippen LogP contribution in [0.25, 0.3) is 120 Å². The molecule has 13 rings (SSSR count). The van der Waals surface area contributed by atoms with E-state index in [0.717, 1.165) is 0 Å². The van der Waals surface area contributed by atoms with Crippen LogP contribution in [0, 0.1) is 0 Å². The minimum absolute atomic E-state index is 0.171. The Labute approximate surface area is 355 Å². The summed E-state index contributed by atoms with van der Waals surface area (Å²) in [5.74, 6) is 0. The minimum atomic E-state index is -0.171. The summed E-state index contributed by atoms with van der Waals surface area (Å²) in [6.07, 6.45) is 0. The molecule has 61 heavy (non-hydrogen) atoms. The average molecular weight is 773 g/mol. The van der Waals surface area contributed by atoms with Gasteiger partial charge in [0, 0.05) is 5.41 Å². The smallest absolute Gasteiger partial charge is 0.0159 e. The van der Waals surface area contributed by atoms with Crippen LogP contribution in [0.4, 0.5) is 0 Å². The zero-order chi connectivity index (χ0) is 40.4. The van der Waals surface area contributed by atoms with E-state index in [1.165, 1.54) is 131 Å². The zero-order valence-corrected chi connectivity index (χ0v) is 34.1. The fourth-order valence-electron chi connectivity index (χ4n) is 11.1. The Kier molecular flexibility index (Phi) is 7.17. The fourth-order valence-corrected chi connectivity index (χ4v) is 11.1. The third-order valence-corrected chi connectivity index (χ3v) is 14.0. The molecule has 0 spiro atoms. The van der Waals surface area contributed by atoms with Crippen LogP contribution < -0.4 is 0 Å². The maximum Gasteiger partial charge on any atom is 0.0159 e. The molecular weight excluding hydrogens is 733 g/mol. The van der Waals surface area contributed by atoms with Crippen LogP contribution in [0.1, 0.15) is 25.0 Å². The van der Waals surface area contributed by atoms with Gasteiger partial charge >= 0.3 is 0 Å². The molecule has 0 saturated carbocycles. The van der Waals surface area contributed by atoms with Gasteiger partial charge in [-0.3, -0.25) is 0 Å². The average Bonchev–Trinajstić information content (AvgIpc) is 3.55. The Morgan fingerprint density at radius 1 is 0.246 bits per heavy atom. The van der Waals surface area contributed by atoms with Gasteiger partial charge in [0.05, 0.1) is 0 Å². The van der Waals surface area contributed by atoms with Crippen molar-refractivity contribution in [2.45, 2.75) is 19.3 Å². The number of rotatable bonds is 3. The van der Waals surface area contributed by atoms with Gasteiger partial charge in [0.25, 0.3) is 0 Å². The summed E-state index contributed by atoms with van der Waals surface area (Å²) in [4.78, 5) is 0. The monoisotopic (exact) mass is 772 g/mol. The summed E-state index contributed by atoms with van der Waals surface area (Å²) in [5, 5.41) is 18.1. The molecule has 0 heteroatoms. The molecule has 0 fully saturated rings. The Hall–Kier alpha value is -7.54. The van der Waals surface area contributed by atoms with Crippen molar-refractivity contribution in [3.63, 3.8) is 0 Å². The van der Waals surface area contributed by atoms with Gasteiger partial charge in [-0.15, -0.1) is 0 Å². The first kappa shape index (κ1) is 34.3. The molecule has 0 amide bonds. The lowest BCUT2D eigenvalue weighted by molar-refractivity contribution is 0.661. The van der Waals surface area contributed by atoms with Crippen molar-refractivity contribution in [3.8, 4) is 44.5 Å². The van der Waals surface area contributed by atoms with E-state index < -0.39 is 0 Å². The second-order valence-corrected chi connectivity index (χ2v) is 17.5. The van der Waals surface area contributed by atoms with E-state index in [2.05, 4.69) is 220 Å². The number of hydrogen-bond acceptors (Lipinski definition) is 0. The molecule has 0 N–H and O–H groups in total.